The third-order valence-electron chi connectivity index (χ3n) is 10.3. The standard InChI is InChI=1S/C44H86O4/c1-3-5-7-9-10-11-12-13-14-15-16-17-18-19-24-27-30-33-37-41-44(47)48-42(38-34-8-6-4-2)39-35-31-28-25-22-20-21-23-26-29-32-36-40-43(45)46/h42H,3-41H2,1-2H3,(H,45,46). The summed E-state index contributed by atoms with van der Waals surface area (Å²) in [5.41, 5.74) is 0. The molecule has 0 fully saturated rings. The first kappa shape index (κ1) is 46.9. The van der Waals surface area contributed by atoms with Crippen molar-refractivity contribution in [2.75, 3.05) is 0 Å². The van der Waals surface area contributed by atoms with Crippen molar-refractivity contribution >= 4 is 11.9 Å². The fourth-order valence-electron chi connectivity index (χ4n) is 7.07. The van der Waals surface area contributed by atoms with Crippen LogP contribution in [-0.4, -0.2) is 23.1 Å². The molecule has 4 nitrogen and oxygen atoms in total. The molecule has 0 aliphatic carbocycles. The largest absolute Gasteiger partial charge is 0.481 e. The maximum atomic E-state index is 12.6. The molecule has 0 saturated heterocycles. The molecule has 0 heterocycles. The van der Waals surface area contributed by atoms with Crippen LogP contribution < -0.4 is 0 Å². The number of carboxylic acids is 1. The van der Waals surface area contributed by atoms with Crippen molar-refractivity contribution < 1.29 is 19.4 Å². The fraction of sp³-hybridized carbons (Fsp3) is 0.955. The van der Waals surface area contributed by atoms with Crippen LogP contribution in [0.4, 0.5) is 0 Å². The molecule has 4 heteroatoms. The second kappa shape index (κ2) is 40.4. The van der Waals surface area contributed by atoms with E-state index in [1.807, 2.05) is 0 Å². The molecule has 0 aliphatic rings. The minimum absolute atomic E-state index is 0.0457. The van der Waals surface area contributed by atoms with E-state index in [1.54, 1.807) is 0 Å². The van der Waals surface area contributed by atoms with Crippen LogP contribution in [0, 0.1) is 0 Å². The quantitative estimate of drug-likeness (QED) is 0.0516. The van der Waals surface area contributed by atoms with Gasteiger partial charge in [-0.1, -0.05) is 213 Å². The molecule has 0 saturated carbocycles. The van der Waals surface area contributed by atoms with E-state index in [-0.39, 0.29) is 12.1 Å². The number of carbonyl (C=O) groups is 2. The molecule has 286 valence electrons. The average Bonchev–Trinajstić information content (AvgIpc) is 3.07. The summed E-state index contributed by atoms with van der Waals surface area (Å²) in [5, 5.41) is 8.69. The Bertz CT molecular complexity index is 648. The summed E-state index contributed by atoms with van der Waals surface area (Å²) in [7, 11) is 0. The van der Waals surface area contributed by atoms with Crippen molar-refractivity contribution in [3.63, 3.8) is 0 Å². The normalized spacial score (nSPS) is 12.0. The first-order chi connectivity index (χ1) is 23.6. The summed E-state index contributed by atoms with van der Waals surface area (Å²) in [4.78, 5) is 23.2. The van der Waals surface area contributed by atoms with Gasteiger partial charge in [0.05, 0.1) is 0 Å². The van der Waals surface area contributed by atoms with Gasteiger partial charge in [0, 0.05) is 12.8 Å². The van der Waals surface area contributed by atoms with E-state index >= 15 is 0 Å². The molecule has 0 aromatic heterocycles. The number of ether oxygens (including phenoxy) is 1. The molecular weight excluding hydrogens is 592 g/mol. The van der Waals surface area contributed by atoms with E-state index in [4.69, 9.17) is 9.84 Å². The minimum Gasteiger partial charge on any atom is -0.481 e. The van der Waals surface area contributed by atoms with Gasteiger partial charge in [-0.05, 0) is 38.5 Å². The Morgan fingerprint density at radius 2 is 0.625 bits per heavy atom. The smallest absolute Gasteiger partial charge is 0.306 e. The van der Waals surface area contributed by atoms with E-state index in [0.717, 1.165) is 32.1 Å². The van der Waals surface area contributed by atoms with Gasteiger partial charge in [-0.25, -0.2) is 0 Å². The van der Waals surface area contributed by atoms with Crippen LogP contribution in [0.1, 0.15) is 264 Å². The maximum Gasteiger partial charge on any atom is 0.306 e. The Balaban J connectivity index is 3.70. The van der Waals surface area contributed by atoms with E-state index < -0.39 is 5.97 Å². The zero-order valence-electron chi connectivity index (χ0n) is 32.8. The van der Waals surface area contributed by atoms with Gasteiger partial charge in [0.25, 0.3) is 0 Å². The van der Waals surface area contributed by atoms with E-state index in [2.05, 4.69) is 13.8 Å². The number of hydrogen-bond acceptors (Lipinski definition) is 3. The van der Waals surface area contributed by atoms with Gasteiger partial charge in [0.15, 0.2) is 0 Å². The summed E-state index contributed by atoms with van der Waals surface area (Å²) >= 11 is 0. The highest BCUT2D eigenvalue weighted by atomic mass is 16.5. The second-order valence-corrected chi connectivity index (χ2v) is 15.3. The van der Waals surface area contributed by atoms with Gasteiger partial charge in [-0.15, -0.1) is 0 Å². The van der Waals surface area contributed by atoms with E-state index in [9.17, 15) is 9.59 Å². The summed E-state index contributed by atoms with van der Waals surface area (Å²) < 4.78 is 6.02. The van der Waals surface area contributed by atoms with Crippen molar-refractivity contribution in [3.8, 4) is 0 Å². The first-order valence-corrected chi connectivity index (χ1v) is 22.0. The Labute approximate surface area is 301 Å². The lowest BCUT2D eigenvalue weighted by Gasteiger charge is -2.18. The van der Waals surface area contributed by atoms with Crippen LogP contribution in [0.15, 0.2) is 0 Å². The molecular formula is C44H86O4. The van der Waals surface area contributed by atoms with Crippen molar-refractivity contribution in [2.24, 2.45) is 0 Å². The lowest BCUT2D eigenvalue weighted by atomic mass is 10.0. The van der Waals surface area contributed by atoms with Crippen molar-refractivity contribution in [2.45, 2.75) is 270 Å². The molecule has 0 spiro atoms. The number of unbranched alkanes of at least 4 members (excludes halogenated alkanes) is 32. The SMILES string of the molecule is CCCCCCCCCCCCCCCCCCCCCC(=O)OC(CCCCCC)CCCCCCCCCCCCCCC(=O)O. The zero-order valence-corrected chi connectivity index (χ0v) is 32.8. The molecule has 0 bridgehead atoms. The maximum absolute atomic E-state index is 12.6. The van der Waals surface area contributed by atoms with Crippen molar-refractivity contribution in [1.29, 1.82) is 0 Å². The average molecular weight is 679 g/mol. The Hall–Kier alpha value is -1.06. The molecule has 0 amide bonds. The summed E-state index contributed by atoms with van der Waals surface area (Å²) in [6.45, 7) is 4.55. The van der Waals surface area contributed by atoms with Crippen molar-refractivity contribution in [1.82, 2.24) is 0 Å². The number of esters is 1. The molecule has 0 aromatic rings. The van der Waals surface area contributed by atoms with Gasteiger partial charge < -0.3 is 9.84 Å². The number of carboxylic acid groups (broad SMARTS) is 1. The van der Waals surface area contributed by atoms with Gasteiger partial charge in [0.2, 0.25) is 0 Å². The molecule has 0 radical (unpaired) electrons. The topological polar surface area (TPSA) is 63.6 Å². The molecule has 48 heavy (non-hydrogen) atoms. The molecule has 1 atom stereocenters. The predicted octanol–water partition coefficient (Wildman–Crippen LogP) is 15.2. The minimum atomic E-state index is -0.667. The molecule has 1 N–H and O–H groups in total. The molecule has 1 unspecified atom stereocenters. The molecule has 0 aliphatic heterocycles. The highest BCUT2D eigenvalue weighted by molar-refractivity contribution is 5.69. The monoisotopic (exact) mass is 679 g/mol. The van der Waals surface area contributed by atoms with Crippen LogP contribution in [-0.2, 0) is 14.3 Å². The fourth-order valence-corrected chi connectivity index (χ4v) is 7.07. The van der Waals surface area contributed by atoms with Crippen LogP contribution in [0.3, 0.4) is 0 Å². The van der Waals surface area contributed by atoms with Gasteiger partial charge in [-0.3, -0.25) is 9.59 Å². The summed E-state index contributed by atoms with van der Waals surface area (Å²) in [6.07, 6.45) is 48.8. The predicted molar refractivity (Wildman–Crippen MR) is 209 cm³/mol. The van der Waals surface area contributed by atoms with E-state index in [0.29, 0.717) is 12.8 Å². The highest BCUT2D eigenvalue weighted by Gasteiger charge is 2.14. The third kappa shape index (κ3) is 39.4. The molecule has 0 rings (SSSR count). The lowest BCUT2D eigenvalue weighted by Crippen LogP contribution is -2.18. The number of hydrogen-bond donors (Lipinski definition) is 1. The van der Waals surface area contributed by atoms with Crippen molar-refractivity contribution in [3.05, 3.63) is 0 Å². The summed E-state index contributed by atoms with van der Waals surface area (Å²) in [5.74, 6) is -0.621. The van der Waals surface area contributed by atoms with Crippen LogP contribution in [0.5, 0.6) is 0 Å². The zero-order chi connectivity index (χ0) is 35.0. The van der Waals surface area contributed by atoms with Gasteiger partial charge in [-0.2, -0.15) is 0 Å². The lowest BCUT2D eigenvalue weighted by molar-refractivity contribution is -0.150. The van der Waals surface area contributed by atoms with E-state index in [1.165, 1.54) is 205 Å². The third-order valence-corrected chi connectivity index (χ3v) is 10.3. The Morgan fingerprint density at radius 1 is 0.375 bits per heavy atom. The van der Waals surface area contributed by atoms with Gasteiger partial charge >= 0.3 is 11.9 Å². The van der Waals surface area contributed by atoms with Gasteiger partial charge in [0.1, 0.15) is 6.10 Å². The summed E-state index contributed by atoms with van der Waals surface area (Å²) in [6, 6.07) is 0. The second-order valence-electron chi connectivity index (χ2n) is 15.3. The Morgan fingerprint density at radius 3 is 0.938 bits per heavy atom. The Kier molecular flexibility index (Phi) is 39.5. The first-order valence-electron chi connectivity index (χ1n) is 22.0. The van der Waals surface area contributed by atoms with Crippen LogP contribution in [0.25, 0.3) is 0 Å². The number of rotatable bonds is 41. The number of aliphatic carboxylic acids is 1. The van der Waals surface area contributed by atoms with Crippen LogP contribution >= 0.6 is 0 Å². The molecule has 0 aromatic carbocycles. The van der Waals surface area contributed by atoms with Crippen LogP contribution in [0.2, 0.25) is 0 Å². The number of carbonyl (C=O) groups excluding carboxylic acids is 1. The highest BCUT2D eigenvalue weighted by Crippen LogP contribution is 2.19.